The van der Waals surface area contributed by atoms with Crippen molar-refractivity contribution in [2.45, 2.75) is 17.7 Å². The van der Waals surface area contributed by atoms with E-state index in [2.05, 4.69) is 0 Å². The zero-order valence-electron chi connectivity index (χ0n) is 8.57. The molecule has 84 valence electrons. The highest BCUT2D eigenvalue weighted by molar-refractivity contribution is 7.90. The molecule has 5 heteroatoms. The zero-order valence-corrected chi connectivity index (χ0v) is 9.38. The highest BCUT2D eigenvalue weighted by atomic mass is 32.2. The third-order valence-corrected chi connectivity index (χ3v) is 3.32. The fourth-order valence-electron chi connectivity index (χ4n) is 1.24. The number of sulfone groups is 1. The van der Waals surface area contributed by atoms with Gasteiger partial charge < -0.3 is 5.11 Å². The minimum absolute atomic E-state index is 0.0473. The van der Waals surface area contributed by atoms with Gasteiger partial charge in [-0.25, -0.2) is 12.8 Å². The SMILES string of the molecule is CC(CO)c1ccc(S(C)(=O)=O)cc1F. The van der Waals surface area contributed by atoms with Gasteiger partial charge in [-0.2, -0.15) is 0 Å². The molecule has 15 heavy (non-hydrogen) atoms. The Balaban J connectivity index is 3.20. The van der Waals surface area contributed by atoms with Crippen molar-refractivity contribution >= 4 is 9.84 Å². The molecule has 0 aromatic heterocycles. The summed E-state index contributed by atoms with van der Waals surface area (Å²) in [6.45, 7) is 1.49. The number of benzene rings is 1. The van der Waals surface area contributed by atoms with Crippen LogP contribution in [0.5, 0.6) is 0 Å². The Kier molecular flexibility index (Phi) is 3.46. The lowest BCUT2D eigenvalue weighted by atomic mass is 10.0. The Morgan fingerprint density at radius 1 is 1.47 bits per heavy atom. The molecule has 0 aliphatic heterocycles. The second-order valence-electron chi connectivity index (χ2n) is 3.54. The van der Waals surface area contributed by atoms with Gasteiger partial charge in [-0.15, -0.1) is 0 Å². The van der Waals surface area contributed by atoms with Crippen LogP contribution in [0, 0.1) is 5.82 Å². The Hall–Kier alpha value is -0.940. The normalized spacial score (nSPS) is 13.9. The second-order valence-corrected chi connectivity index (χ2v) is 5.55. The van der Waals surface area contributed by atoms with E-state index in [1.807, 2.05) is 0 Å². The maximum atomic E-state index is 13.4. The molecule has 0 amide bonds. The maximum absolute atomic E-state index is 13.4. The molecule has 0 aliphatic carbocycles. The number of aliphatic hydroxyl groups excluding tert-OH is 1. The quantitative estimate of drug-likeness (QED) is 0.855. The monoisotopic (exact) mass is 232 g/mol. The molecule has 1 aromatic carbocycles. The lowest BCUT2D eigenvalue weighted by Crippen LogP contribution is -2.04. The van der Waals surface area contributed by atoms with E-state index in [0.29, 0.717) is 5.56 Å². The average molecular weight is 232 g/mol. The highest BCUT2D eigenvalue weighted by Crippen LogP contribution is 2.21. The Morgan fingerprint density at radius 2 is 2.07 bits per heavy atom. The lowest BCUT2D eigenvalue weighted by Gasteiger charge is -2.10. The van der Waals surface area contributed by atoms with Crippen LogP contribution in [-0.4, -0.2) is 26.4 Å². The smallest absolute Gasteiger partial charge is 0.175 e. The van der Waals surface area contributed by atoms with E-state index in [1.165, 1.54) is 12.1 Å². The summed E-state index contributed by atoms with van der Waals surface area (Å²) in [7, 11) is -3.38. The van der Waals surface area contributed by atoms with Gasteiger partial charge in [0, 0.05) is 18.8 Å². The van der Waals surface area contributed by atoms with Crippen molar-refractivity contribution in [2.24, 2.45) is 0 Å². The number of aliphatic hydroxyl groups is 1. The summed E-state index contributed by atoms with van der Waals surface area (Å²) in [5.41, 5.74) is 0.324. The molecule has 0 heterocycles. The third-order valence-electron chi connectivity index (χ3n) is 2.20. The molecule has 0 saturated carbocycles. The van der Waals surface area contributed by atoms with Gasteiger partial charge in [0.2, 0.25) is 0 Å². The predicted molar refractivity (Wildman–Crippen MR) is 55.0 cm³/mol. The second kappa shape index (κ2) is 4.28. The van der Waals surface area contributed by atoms with E-state index in [9.17, 15) is 12.8 Å². The van der Waals surface area contributed by atoms with E-state index >= 15 is 0 Å². The van der Waals surface area contributed by atoms with Crippen molar-refractivity contribution in [3.8, 4) is 0 Å². The third kappa shape index (κ3) is 2.76. The lowest BCUT2D eigenvalue weighted by molar-refractivity contribution is 0.270. The Labute approximate surface area is 88.5 Å². The molecule has 0 bridgehead atoms. The number of halogens is 1. The zero-order chi connectivity index (χ0) is 11.6. The largest absolute Gasteiger partial charge is 0.396 e. The first-order chi connectivity index (χ1) is 6.86. The molecular weight excluding hydrogens is 219 g/mol. The van der Waals surface area contributed by atoms with Crippen LogP contribution in [0.1, 0.15) is 18.4 Å². The van der Waals surface area contributed by atoms with Crippen molar-refractivity contribution in [2.75, 3.05) is 12.9 Å². The minimum atomic E-state index is -3.38. The van der Waals surface area contributed by atoms with Crippen molar-refractivity contribution in [1.29, 1.82) is 0 Å². The molecule has 3 nitrogen and oxygen atoms in total. The van der Waals surface area contributed by atoms with Gasteiger partial charge in [-0.1, -0.05) is 13.0 Å². The average Bonchev–Trinajstić information content (AvgIpc) is 2.15. The molecule has 0 aliphatic rings. The Bertz CT molecular complexity index is 454. The summed E-state index contributed by atoms with van der Waals surface area (Å²) in [6.07, 6.45) is 1.02. The number of hydrogen-bond acceptors (Lipinski definition) is 3. The first kappa shape index (κ1) is 12.1. The first-order valence-electron chi connectivity index (χ1n) is 4.46. The summed E-state index contributed by atoms with van der Waals surface area (Å²) < 4.78 is 35.7. The van der Waals surface area contributed by atoms with Crippen molar-refractivity contribution in [3.05, 3.63) is 29.6 Å². The number of rotatable bonds is 3. The van der Waals surface area contributed by atoms with Crippen LogP contribution in [0.2, 0.25) is 0 Å². The minimum Gasteiger partial charge on any atom is -0.396 e. The highest BCUT2D eigenvalue weighted by Gasteiger charge is 2.14. The molecule has 1 N–H and O–H groups in total. The topological polar surface area (TPSA) is 54.4 Å². The molecule has 0 radical (unpaired) electrons. The summed E-state index contributed by atoms with van der Waals surface area (Å²) in [6, 6.07) is 3.73. The molecule has 1 unspecified atom stereocenters. The predicted octanol–water partition coefficient (Wildman–Crippen LogP) is 1.33. The molecule has 1 rings (SSSR count). The van der Waals surface area contributed by atoms with Gasteiger partial charge in [0.1, 0.15) is 5.82 Å². The van der Waals surface area contributed by atoms with E-state index in [1.54, 1.807) is 6.92 Å². The summed E-state index contributed by atoms with van der Waals surface area (Å²) in [5.74, 6) is -0.932. The van der Waals surface area contributed by atoms with Gasteiger partial charge in [0.15, 0.2) is 9.84 Å². The van der Waals surface area contributed by atoms with E-state index in [0.717, 1.165) is 12.3 Å². The molecule has 0 fully saturated rings. The maximum Gasteiger partial charge on any atom is 0.175 e. The van der Waals surface area contributed by atoms with Crippen LogP contribution in [0.4, 0.5) is 4.39 Å². The van der Waals surface area contributed by atoms with E-state index in [4.69, 9.17) is 5.11 Å². The van der Waals surface area contributed by atoms with Crippen LogP contribution in [0.25, 0.3) is 0 Å². The molecule has 0 spiro atoms. The van der Waals surface area contributed by atoms with Crippen molar-refractivity contribution in [3.63, 3.8) is 0 Å². The van der Waals surface area contributed by atoms with Gasteiger partial charge in [-0.3, -0.25) is 0 Å². The molecule has 1 aromatic rings. The van der Waals surface area contributed by atoms with Crippen LogP contribution >= 0.6 is 0 Å². The van der Waals surface area contributed by atoms with Gasteiger partial charge in [0.05, 0.1) is 4.90 Å². The van der Waals surface area contributed by atoms with Gasteiger partial charge in [0.25, 0.3) is 0 Å². The van der Waals surface area contributed by atoms with Gasteiger partial charge >= 0.3 is 0 Å². The molecule has 0 saturated heterocycles. The van der Waals surface area contributed by atoms with E-state index < -0.39 is 15.7 Å². The van der Waals surface area contributed by atoms with Crippen LogP contribution in [-0.2, 0) is 9.84 Å². The fraction of sp³-hybridized carbons (Fsp3) is 0.400. The summed E-state index contributed by atoms with van der Waals surface area (Å²) >= 11 is 0. The van der Waals surface area contributed by atoms with E-state index in [-0.39, 0.29) is 17.4 Å². The van der Waals surface area contributed by atoms with Crippen LogP contribution in [0.15, 0.2) is 23.1 Å². The van der Waals surface area contributed by atoms with Crippen molar-refractivity contribution < 1.29 is 17.9 Å². The van der Waals surface area contributed by atoms with Gasteiger partial charge in [-0.05, 0) is 17.7 Å². The first-order valence-corrected chi connectivity index (χ1v) is 6.35. The standard InChI is InChI=1S/C10H13FO3S/c1-7(6-12)9-4-3-8(5-10(9)11)15(2,13)14/h3-5,7,12H,6H2,1-2H3. The molecular formula is C10H13FO3S. The summed E-state index contributed by atoms with van der Waals surface area (Å²) in [4.78, 5) is -0.0473. The van der Waals surface area contributed by atoms with Crippen molar-refractivity contribution in [1.82, 2.24) is 0 Å². The van der Waals surface area contributed by atoms with Crippen LogP contribution < -0.4 is 0 Å². The van der Waals surface area contributed by atoms with Crippen LogP contribution in [0.3, 0.4) is 0 Å². The summed E-state index contributed by atoms with van der Waals surface area (Å²) in [5, 5.41) is 8.86. The Morgan fingerprint density at radius 3 is 2.47 bits per heavy atom. The fourth-order valence-corrected chi connectivity index (χ4v) is 1.87. The number of hydrogen-bond donors (Lipinski definition) is 1. The molecule has 1 atom stereocenters.